The minimum Gasteiger partial charge on any atom is -0.480 e. The van der Waals surface area contributed by atoms with E-state index in [0.717, 1.165) is 19.3 Å². The van der Waals surface area contributed by atoms with Crippen LogP contribution in [0.5, 0.6) is 0 Å². The fourth-order valence-electron chi connectivity index (χ4n) is 1.36. The molecule has 1 atom stereocenters. The lowest BCUT2D eigenvalue weighted by atomic mass is 10.2. The fraction of sp³-hybridized carbons (Fsp3) is 0.889. The Morgan fingerprint density at radius 3 is 2.53 bits per heavy atom. The first kappa shape index (κ1) is 12.4. The summed E-state index contributed by atoms with van der Waals surface area (Å²) in [7, 11) is -3.42. The quantitative estimate of drug-likeness (QED) is 0.675. The predicted molar refractivity (Wildman–Crippen MR) is 56.0 cm³/mol. The Balaban J connectivity index is 2.53. The normalized spacial score (nSPS) is 18.7. The third-order valence-electron chi connectivity index (χ3n) is 2.43. The van der Waals surface area contributed by atoms with Gasteiger partial charge in [-0.2, -0.15) is 0 Å². The molecule has 6 heteroatoms. The first-order valence-corrected chi connectivity index (χ1v) is 6.84. The molecule has 1 fully saturated rings. The number of unbranched alkanes of at least 4 members (excludes halogenated alkanes) is 1. The first-order valence-electron chi connectivity index (χ1n) is 5.19. The summed E-state index contributed by atoms with van der Waals surface area (Å²) >= 11 is 0. The summed E-state index contributed by atoms with van der Waals surface area (Å²) in [6.45, 7) is 1.89. The molecule has 0 amide bonds. The maximum atomic E-state index is 11.5. The minimum atomic E-state index is -3.42. The molecular weight excluding hydrogens is 218 g/mol. The number of nitrogens with one attached hydrogen (secondary N) is 1. The third-order valence-corrected chi connectivity index (χ3v) is 3.87. The maximum Gasteiger partial charge on any atom is 0.322 e. The molecule has 15 heavy (non-hydrogen) atoms. The summed E-state index contributed by atoms with van der Waals surface area (Å²) in [5, 5.41) is 8.85. The molecule has 5 nitrogen and oxygen atoms in total. The minimum absolute atomic E-state index is 0.0139. The number of carboxylic acid groups (broad SMARTS) is 1. The second kappa shape index (κ2) is 4.94. The van der Waals surface area contributed by atoms with E-state index in [1.54, 1.807) is 0 Å². The van der Waals surface area contributed by atoms with E-state index in [0.29, 0.717) is 6.42 Å². The highest BCUT2D eigenvalue weighted by atomic mass is 32.2. The number of carboxylic acids is 1. The molecule has 0 heterocycles. The summed E-state index contributed by atoms with van der Waals surface area (Å²) in [6.07, 6.45) is 2.94. The molecule has 1 rings (SSSR count). The van der Waals surface area contributed by atoms with E-state index in [1.165, 1.54) is 0 Å². The molecule has 0 aromatic heterocycles. The van der Waals surface area contributed by atoms with Gasteiger partial charge >= 0.3 is 5.97 Å². The topological polar surface area (TPSA) is 83.5 Å². The van der Waals surface area contributed by atoms with Crippen molar-refractivity contribution >= 4 is 16.0 Å². The van der Waals surface area contributed by atoms with Gasteiger partial charge in [-0.1, -0.05) is 13.3 Å². The van der Waals surface area contributed by atoms with Gasteiger partial charge in [-0.25, -0.2) is 13.1 Å². The summed E-state index contributed by atoms with van der Waals surface area (Å²) in [6, 6.07) is -0.924. The number of carbonyl (C=O) groups is 1. The maximum absolute atomic E-state index is 11.5. The van der Waals surface area contributed by atoms with Gasteiger partial charge in [0.1, 0.15) is 6.04 Å². The molecule has 1 aliphatic rings. The molecule has 0 aromatic carbocycles. The number of aliphatic carboxylic acids is 1. The Labute approximate surface area is 89.9 Å². The second-order valence-corrected chi connectivity index (χ2v) is 5.82. The number of hydrogen-bond acceptors (Lipinski definition) is 3. The number of rotatable bonds is 7. The van der Waals surface area contributed by atoms with Crippen LogP contribution >= 0.6 is 0 Å². The Morgan fingerprint density at radius 2 is 2.13 bits per heavy atom. The van der Waals surface area contributed by atoms with E-state index in [-0.39, 0.29) is 11.7 Å². The van der Waals surface area contributed by atoms with E-state index < -0.39 is 22.0 Å². The fourth-order valence-corrected chi connectivity index (χ4v) is 2.83. The lowest BCUT2D eigenvalue weighted by molar-refractivity contribution is -0.139. The van der Waals surface area contributed by atoms with Crippen molar-refractivity contribution in [1.29, 1.82) is 0 Å². The van der Waals surface area contributed by atoms with E-state index in [1.807, 2.05) is 6.92 Å². The zero-order valence-corrected chi connectivity index (χ0v) is 9.59. The van der Waals surface area contributed by atoms with Crippen molar-refractivity contribution in [3.8, 4) is 0 Å². The summed E-state index contributed by atoms with van der Waals surface area (Å²) < 4.78 is 25.2. The zero-order chi connectivity index (χ0) is 11.5. The van der Waals surface area contributed by atoms with E-state index in [4.69, 9.17) is 5.11 Å². The molecule has 0 radical (unpaired) electrons. The zero-order valence-electron chi connectivity index (χ0n) is 8.77. The largest absolute Gasteiger partial charge is 0.480 e. The van der Waals surface area contributed by atoms with Crippen LogP contribution in [-0.2, 0) is 14.8 Å². The van der Waals surface area contributed by atoms with Crippen LogP contribution < -0.4 is 4.72 Å². The lowest BCUT2D eigenvalue weighted by Crippen LogP contribution is -2.43. The van der Waals surface area contributed by atoms with Gasteiger partial charge in [-0.15, -0.1) is 0 Å². The molecule has 0 spiro atoms. The van der Waals surface area contributed by atoms with Gasteiger partial charge in [0, 0.05) is 0 Å². The van der Waals surface area contributed by atoms with Crippen LogP contribution in [0.2, 0.25) is 0 Å². The monoisotopic (exact) mass is 235 g/mol. The van der Waals surface area contributed by atoms with Crippen molar-refractivity contribution in [1.82, 2.24) is 4.72 Å². The first-order chi connectivity index (χ1) is 6.96. The molecule has 2 N–H and O–H groups in total. The van der Waals surface area contributed by atoms with Crippen molar-refractivity contribution in [3.05, 3.63) is 0 Å². The van der Waals surface area contributed by atoms with Crippen molar-refractivity contribution in [3.63, 3.8) is 0 Å². The average molecular weight is 235 g/mol. The Bertz CT molecular complexity index is 321. The Hall–Kier alpha value is -0.620. The van der Waals surface area contributed by atoms with Gasteiger partial charge < -0.3 is 5.11 Å². The van der Waals surface area contributed by atoms with E-state index in [9.17, 15) is 13.2 Å². The molecule has 88 valence electrons. The van der Waals surface area contributed by atoms with Crippen LogP contribution in [0.3, 0.4) is 0 Å². The standard InChI is InChI=1S/C9H17NO4S/c1-2-3-6-15(13,14)10-8(9(11)12)7-4-5-7/h7-8,10H,2-6H2,1H3,(H,11,12). The van der Waals surface area contributed by atoms with Gasteiger partial charge in [0.25, 0.3) is 0 Å². The van der Waals surface area contributed by atoms with Gasteiger partial charge in [0.05, 0.1) is 5.75 Å². The van der Waals surface area contributed by atoms with Crippen molar-refractivity contribution in [2.45, 2.75) is 38.6 Å². The smallest absolute Gasteiger partial charge is 0.322 e. The number of hydrogen-bond donors (Lipinski definition) is 2. The van der Waals surface area contributed by atoms with Crippen LogP contribution in [0, 0.1) is 5.92 Å². The molecular formula is C9H17NO4S. The SMILES string of the molecule is CCCCS(=O)(=O)NC(C(=O)O)C1CC1. The second-order valence-electron chi connectivity index (χ2n) is 3.94. The summed E-state index contributed by atoms with van der Waals surface area (Å²) in [4.78, 5) is 10.8. The molecule has 0 aliphatic heterocycles. The number of sulfonamides is 1. The molecule has 1 unspecified atom stereocenters. The van der Waals surface area contributed by atoms with Crippen molar-refractivity contribution in [2.75, 3.05) is 5.75 Å². The Kier molecular flexibility index (Phi) is 4.10. The van der Waals surface area contributed by atoms with E-state index in [2.05, 4.69) is 4.72 Å². The van der Waals surface area contributed by atoms with Crippen molar-refractivity contribution < 1.29 is 18.3 Å². The van der Waals surface area contributed by atoms with Crippen LogP contribution in [0.4, 0.5) is 0 Å². The van der Waals surface area contributed by atoms with Crippen molar-refractivity contribution in [2.24, 2.45) is 5.92 Å². The summed E-state index contributed by atoms with van der Waals surface area (Å²) in [5.41, 5.74) is 0. The van der Waals surface area contributed by atoms with E-state index >= 15 is 0 Å². The Morgan fingerprint density at radius 1 is 1.53 bits per heavy atom. The highest BCUT2D eigenvalue weighted by Gasteiger charge is 2.38. The molecule has 0 aromatic rings. The molecule has 0 saturated heterocycles. The van der Waals surface area contributed by atoms with Gasteiger partial charge in [-0.3, -0.25) is 4.79 Å². The van der Waals surface area contributed by atoms with Gasteiger partial charge in [0.2, 0.25) is 10.0 Å². The molecule has 1 saturated carbocycles. The highest BCUT2D eigenvalue weighted by molar-refractivity contribution is 7.89. The average Bonchev–Trinajstić information content (AvgIpc) is 2.94. The molecule has 1 aliphatic carbocycles. The third kappa shape index (κ3) is 4.17. The highest BCUT2D eigenvalue weighted by Crippen LogP contribution is 2.33. The van der Waals surface area contributed by atoms with Gasteiger partial charge in [0.15, 0.2) is 0 Å². The lowest BCUT2D eigenvalue weighted by Gasteiger charge is -2.13. The van der Waals surface area contributed by atoms with Crippen LogP contribution in [0.15, 0.2) is 0 Å². The molecule has 0 bridgehead atoms. The van der Waals surface area contributed by atoms with Crippen LogP contribution in [-0.4, -0.2) is 31.3 Å². The van der Waals surface area contributed by atoms with Crippen LogP contribution in [0.25, 0.3) is 0 Å². The summed E-state index contributed by atoms with van der Waals surface area (Å²) in [5.74, 6) is -1.07. The predicted octanol–water partition coefficient (Wildman–Crippen LogP) is 0.569. The van der Waals surface area contributed by atoms with Gasteiger partial charge in [-0.05, 0) is 25.2 Å². The van der Waals surface area contributed by atoms with Crippen LogP contribution in [0.1, 0.15) is 32.6 Å².